The molecule has 1 atom stereocenters. The van der Waals surface area contributed by atoms with Gasteiger partial charge in [-0.25, -0.2) is 4.79 Å². The molecule has 0 aliphatic rings. The lowest BCUT2D eigenvalue weighted by atomic mass is 10.0. The second-order valence-corrected chi connectivity index (χ2v) is 8.77. The first-order valence-corrected chi connectivity index (χ1v) is 11.3. The van der Waals surface area contributed by atoms with Gasteiger partial charge >= 0.3 is 5.69 Å². The maximum atomic E-state index is 13.7. The Hall–Kier alpha value is -4.23. The van der Waals surface area contributed by atoms with E-state index in [0.29, 0.717) is 29.4 Å². The lowest BCUT2D eigenvalue weighted by Crippen LogP contribution is -2.40. The largest absolute Gasteiger partial charge is 0.398 e. The number of anilines is 3. The molecule has 0 aliphatic heterocycles. The summed E-state index contributed by atoms with van der Waals surface area (Å²) >= 11 is 0. The van der Waals surface area contributed by atoms with E-state index >= 15 is 0 Å². The zero-order chi connectivity index (χ0) is 25.4. The third-order valence-corrected chi connectivity index (χ3v) is 6.06. The first-order valence-electron chi connectivity index (χ1n) is 11.3. The van der Waals surface area contributed by atoms with Crippen LogP contribution in [0.5, 0.6) is 0 Å². The highest BCUT2D eigenvalue weighted by Gasteiger charge is 2.23. The monoisotopic (exact) mass is 474 g/mol. The Bertz CT molecular complexity index is 1610. The predicted octanol–water partition coefficient (Wildman–Crippen LogP) is 1.07. The average molecular weight is 475 g/mol. The first-order chi connectivity index (χ1) is 16.6. The van der Waals surface area contributed by atoms with Gasteiger partial charge in [0.2, 0.25) is 5.95 Å². The van der Waals surface area contributed by atoms with Gasteiger partial charge in [0.25, 0.3) is 5.56 Å². The molecule has 10 heteroatoms. The molecular formula is C25H30N8O2. The van der Waals surface area contributed by atoms with Crippen LogP contribution >= 0.6 is 0 Å². The quantitative estimate of drug-likeness (QED) is 0.280. The summed E-state index contributed by atoms with van der Waals surface area (Å²) in [6, 6.07) is 9.10. The number of likely N-dealkylation sites (N-methyl/N-ethyl adjacent to an activating group) is 1. The Kier molecular flexibility index (Phi) is 6.28. The summed E-state index contributed by atoms with van der Waals surface area (Å²) in [6.45, 7) is 4.34. The molecule has 0 aliphatic carbocycles. The number of fused-ring (bicyclic) bond motifs is 2. The van der Waals surface area contributed by atoms with Gasteiger partial charge in [-0.3, -0.25) is 18.5 Å². The highest BCUT2D eigenvalue weighted by molar-refractivity contribution is 6.01. The zero-order valence-corrected chi connectivity index (χ0v) is 20.4. The van der Waals surface area contributed by atoms with Crippen molar-refractivity contribution in [2.75, 3.05) is 30.0 Å². The molecular weight excluding hydrogens is 444 g/mol. The molecule has 1 unspecified atom stereocenters. The maximum Gasteiger partial charge on any atom is 0.332 e. The van der Waals surface area contributed by atoms with Crippen molar-refractivity contribution in [3.05, 3.63) is 56.7 Å². The molecule has 35 heavy (non-hydrogen) atoms. The van der Waals surface area contributed by atoms with Crippen molar-refractivity contribution in [1.29, 1.82) is 0 Å². The zero-order valence-electron chi connectivity index (χ0n) is 20.4. The number of hydrogen-bond donors (Lipinski definition) is 3. The molecule has 6 N–H and O–H groups in total. The van der Waals surface area contributed by atoms with Crippen LogP contribution in [0.1, 0.15) is 19.4 Å². The van der Waals surface area contributed by atoms with Crippen LogP contribution in [0.25, 0.3) is 21.9 Å². The maximum absolute atomic E-state index is 13.7. The molecule has 0 fully saturated rings. The standard InChI is InChI=1S/C25H30N8O2/c1-5-6-11-32-21-22(29-24(32)30(3)13-15(2)26)31(4)25(35)33(23(21)34)14-16-12-19(27)17-9-7-8-10-18(17)20(16)28/h7-10,12,15H,11,13-14,26-28H2,1-4H3. The Balaban J connectivity index is 1.96. The minimum atomic E-state index is -0.499. The van der Waals surface area contributed by atoms with Crippen LogP contribution in [-0.2, 0) is 20.1 Å². The topological polar surface area (TPSA) is 143 Å². The second kappa shape index (κ2) is 9.19. The summed E-state index contributed by atoms with van der Waals surface area (Å²) in [5.74, 6) is 6.37. The number of hydrogen-bond acceptors (Lipinski definition) is 7. The van der Waals surface area contributed by atoms with Crippen molar-refractivity contribution in [2.24, 2.45) is 12.8 Å². The van der Waals surface area contributed by atoms with E-state index in [0.717, 1.165) is 15.3 Å². The normalized spacial score (nSPS) is 12.0. The van der Waals surface area contributed by atoms with Crippen LogP contribution in [0.4, 0.5) is 17.3 Å². The lowest BCUT2D eigenvalue weighted by molar-refractivity contribution is 0.655. The van der Waals surface area contributed by atoms with E-state index in [4.69, 9.17) is 17.2 Å². The van der Waals surface area contributed by atoms with Gasteiger partial charge in [0.15, 0.2) is 11.2 Å². The third-order valence-electron chi connectivity index (χ3n) is 6.06. The van der Waals surface area contributed by atoms with Gasteiger partial charge in [-0.1, -0.05) is 30.2 Å². The SMILES string of the molecule is CC#CCn1c(N(C)CC(C)N)nc2c1c(=O)n(Cc1cc(N)c3ccccc3c1N)c(=O)n2C. The number of benzene rings is 2. The average Bonchev–Trinajstić information content (AvgIpc) is 3.21. The minimum Gasteiger partial charge on any atom is -0.398 e. The predicted molar refractivity (Wildman–Crippen MR) is 141 cm³/mol. The molecule has 0 spiro atoms. The Morgan fingerprint density at radius 1 is 1.14 bits per heavy atom. The molecule has 0 radical (unpaired) electrons. The van der Waals surface area contributed by atoms with Gasteiger partial charge in [-0.05, 0) is 25.5 Å². The number of rotatable bonds is 6. The molecule has 0 bridgehead atoms. The van der Waals surface area contributed by atoms with E-state index in [1.165, 1.54) is 4.57 Å². The Labute approximate surface area is 202 Å². The van der Waals surface area contributed by atoms with E-state index in [1.807, 2.05) is 43.1 Å². The van der Waals surface area contributed by atoms with Gasteiger partial charge in [0.1, 0.15) is 0 Å². The van der Waals surface area contributed by atoms with Crippen LogP contribution in [-0.4, -0.2) is 38.3 Å². The Morgan fingerprint density at radius 2 is 1.83 bits per heavy atom. The number of nitrogens with two attached hydrogens (primary N) is 3. The molecule has 0 saturated heterocycles. The van der Waals surface area contributed by atoms with Gasteiger partial charge in [-0.2, -0.15) is 4.98 Å². The molecule has 2 aromatic heterocycles. The molecule has 0 saturated carbocycles. The van der Waals surface area contributed by atoms with Crippen molar-refractivity contribution in [3.8, 4) is 11.8 Å². The minimum absolute atomic E-state index is 0.0298. The van der Waals surface area contributed by atoms with E-state index < -0.39 is 11.2 Å². The molecule has 4 aromatic rings. The second-order valence-electron chi connectivity index (χ2n) is 8.77. The van der Waals surface area contributed by atoms with Gasteiger partial charge in [-0.15, -0.1) is 5.92 Å². The highest BCUT2D eigenvalue weighted by Crippen LogP contribution is 2.30. The fourth-order valence-electron chi connectivity index (χ4n) is 4.40. The van der Waals surface area contributed by atoms with Crippen LogP contribution in [0, 0.1) is 11.8 Å². The van der Waals surface area contributed by atoms with Crippen LogP contribution in [0.2, 0.25) is 0 Å². The van der Waals surface area contributed by atoms with Gasteiger partial charge in [0.05, 0.1) is 13.1 Å². The summed E-state index contributed by atoms with van der Waals surface area (Å²) in [5.41, 5.74) is 19.9. The molecule has 4 rings (SSSR count). The van der Waals surface area contributed by atoms with Crippen LogP contribution < -0.4 is 33.3 Å². The van der Waals surface area contributed by atoms with E-state index in [-0.39, 0.29) is 30.3 Å². The molecule has 10 nitrogen and oxygen atoms in total. The Morgan fingerprint density at radius 3 is 2.49 bits per heavy atom. The van der Waals surface area contributed by atoms with E-state index in [1.54, 1.807) is 24.6 Å². The summed E-state index contributed by atoms with van der Waals surface area (Å²) in [5, 5.41) is 1.60. The highest BCUT2D eigenvalue weighted by atomic mass is 16.2. The number of aromatic nitrogens is 4. The number of aryl methyl sites for hydroxylation is 1. The van der Waals surface area contributed by atoms with Crippen LogP contribution in [0.15, 0.2) is 39.9 Å². The molecule has 2 heterocycles. The van der Waals surface area contributed by atoms with Gasteiger partial charge < -0.3 is 22.1 Å². The number of nitrogen functional groups attached to an aromatic ring is 2. The van der Waals surface area contributed by atoms with Gasteiger partial charge in [0, 0.05) is 48.8 Å². The van der Waals surface area contributed by atoms with E-state index in [9.17, 15) is 9.59 Å². The third kappa shape index (κ3) is 4.11. The molecule has 2 aromatic carbocycles. The number of imidazole rings is 1. The summed E-state index contributed by atoms with van der Waals surface area (Å²) < 4.78 is 4.26. The van der Waals surface area contributed by atoms with Crippen molar-refractivity contribution >= 4 is 39.3 Å². The summed E-state index contributed by atoms with van der Waals surface area (Å²) in [6.07, 6.45) is 0. The smallest absolute Gasteiger partial charge is 0.332 e. The molecule has 0 amide bonds. The molecule has 182 valence electrons. The van der Waals surface area contributed by atoms with Crippen molar-refractivity contribution in [2.45, 2.75) is 33.0 Å². The number of nitrogens with zero attached hydrogens (tertiary/aromatic N) is 5. The summed E-state index contributed by atoms with van der Waals surface area (Å²) in [7, 11) is 3.44. The summed E-state index contributed by atoms with van der Waals surface area (Å²) in [4.78, 5) is 33.5. The van der Waals surface area contributed by atoms with Crippen molar-refractivity contribution < 1.29 is 0 Å². The lowest BCUT2D eigenvalue weighted by Gasteiger charge is -2.20. The fraction of sp³-hybridized carbons (Fsp3) is 0.320. The van der Waals surface area contributed by atoms with E-state index in [2.05, 4.69) is 16.8 Å². The van der Waals surface area contributed by atoms with Crippen LogP contribution in [0.3, 0.4) is 0 Å². The van der Waals surface area contributed by atoms with Crippen molar-refractivity contribution in [1.82, 2.24) is 18.7 Å². The van der Waals surface area contributed by atoms with Crippen molar-refractivity contribution in [3.63, 3.8) is 0 Å². The first kappa shape index (κ1) is 23.9. The fourth-order valence-corrected chi connectivity index (χ4v) is 4.40.